The molecule has 1 N–H and O–H groups in total. The van der Waals surface area contributed by atoms with E-state index >= 15 is 0 Å². The zero-order chi connectivity index (χ0) is 28.8. The van der Waals surface area contributed by atoms with Crippen molar-refractivity contribution in [3.8, 4) is 0 Å². The van der Waals surface area contributed by atoms with Gasteiger partial charge in [0.1, 0.15) is 0 Å². The lowest BCUT2D eigenvalue weighted by atomic mass is 9.54. The third-order valence-corrected chi connectivity index (χ3v) is 12.4. The van der Waals surface area contributed by atoms with Gasteiger partial charge in [-0.05, 0) is 118 Å². The van der Waals surface area contributed by atoms with Gasteiger partial charge < -0.3 is 0 Å². The normalized spacial score (nSPS) is 42.0. The van der Waals surface area contributed by atoms with Crippen molar-refractivity contribution in [3.63, 3.8) is 0 Å². The third-order valence-electron chi connectivity index (χ3n) is 12.4. The molecule has 0 aromatic heterocycles. The SMILES string of the molecule is CCC1NC2C=CC=CC2N1C1C=CC(C2=C3CCC=CC3C(C3C=CC(C4=CCCCC4)=CC3)C3C=CCCC23)CC1. The molecule has 0 bridgehead atoms. The van der Waals surface area contributed by atoms with Crippen LogP contribution >= 0.6 is 0 Å². The van der Waals surface area contributed by atoms with Crippen molar-refractivity contribution in [2.45, 2.75) is 108 Å². The second-order valence-corrected chi connectivity index (χ2v) is 14.6. The lowest BCUT2D eigenvalue weighted by molar-refractivity contribution is 0.143. The minimum absolute atomic E-state index is 0.463. The van der Waals surface area contributed by atoms with Crippen molar-refractivity contribution in [1.29, 1.82) is 0 Å². The highest BCUT2D eigenvalue weighted by atomic mass is 15.4. The molecule has 1 saturated heterocycles. The molecular formula is C41H52N2. The highest BCUT2D eigenvalue weighted by Gasteiger charge is 2.48. The van der Waals surface area contributed by atoms with Gasteiger partial charge in [0.05, 0.1) is 6.17 Å². The fraction of sp³-hybridized carbons (Fsp3) is 0.561. The van der Waals surface area contributed by atoms with Gasteiger partial charge in [-0.3, -0.25) is 10.2 Å². The van der Waals surface area contributed by atoms with E-state index < -0.39 is 0 Å². The minimum atomic E-state index is 0.463. The second-order valence-electron chi connectivity index (χ2n) is 14.6. The lowest BCUT2D eigenvalue weighted by Gasteiger charge is -2.51. The molecule has 10 unspecified atom stereocenters. The Balaban J connectivity index is 1.07. The van der Waals surface area contributed by atoms with Gasteiger partial charge in [-0.1, -0.05) is 103 Å². The summed E-state index contributed by atoms with van der Waals surface area (Å²) in [5, 5.41) is 3.91. The monoisotopic (exact) mass is 572 g/mol. The molecule has 2 nitrogen and oxygen atoms in total. The van der Waals surface area contributed by atoms with Gasteiger partial charge in [0.2, 0.25) is 0 Å². The highest BCUT2D eigenvalue weighted by molar-refractivity contribution is 5.44. The van der Waals surface area contributed by atoms with E-state index in [0.29, 0.717) is 53.9 Å². The van der Waals surface area contributed by atoms with E-state index in [0.717, 1.165) is 12.3 Å². The summed E-state index contributed by atoms with van der Waals surface area (Å²) in [6.45, 7) is 2.34. The molecule has 1 heterocycles. The topological polar surface area (TPSA) is 15.3 Å². The van der Waals surface area contributed by atoms with Crippen LogP contribution < -0.4 is 5.32 Å². The fourth-order valence-electron chi connectivity index (χ4n) is 10.5. The predicted molar refractivity (Wildman–Crippen MR) is 180 cm³/mol. The van der Waals surface area contributed by atoms with Crippen LogP contribution in [0.2, 0.25) is 0 Å². The first-order valence-corrected chi connectivity index (χ1v) is 18.0. The van der Waals surface area contributed by atoms with Crippen molar-refractivity contribution in [1.82, 2.24) is 10.2 Å². The maximum atomic E-state index is 3.91. The van der Waals surface area contributed by atoms with Crippen molar-refractivity contribution in [2.75, 3.05) is 0 Å². The number of nitrogens with zero attached hydrogens (tertiary/aromatic N) is 1. The number of rotatable bonds is 5. The quantitative estimate of drug-likeness (QED) is 0.330. The van der Waals surface area contributed by atoms with Crippen molar-refractivity contribution < 1.29 is 0 Å². The molecule has 0 radical (unpaired) electrons. The second kappa shape index (κ2) is 12.2. The molecule has 10 atom stereocenters. The average Bonchev–Trinajstić information content (AvgIpc) is 3.47. The molecule has 0 spiro atoms. The first-order chi connectivity index (χ1) is 21.3. The van der Waals surface area contributed by atoms with Crippen LogP contribution in [0.15, 0.2) is 107 Å². The van der Waals surface area contributed by atoms with Gasteiger partial charge in [0, 0.05) is 24.0 Å². The minimum Gasteiger partial charge on any atom is -0.293 e. The van der Waals surface area contributed by atoms with Gasteiger partial charge in [-0.25, -0.2) is 0 Å². The van der Waals surface area contributed by atoms with E-state index in [1.54, 1.807) is 5.57 Å². The molecule has 0 aromatic rings. The Morgan fingerprint density at radius 3 is 2.58 bits per heavy atom. The molecule has 2 heteroatoms. The molecule has 7 aliphatic carbocycles. The standard InChI is InChI=1S/C41H52N2/c1-2-39-42-37-18-10-11-19-38(37)43(39)32-26-24-31(25-27-32)41-35-16-8-6-14-33(35)40(34-15-7-9-17-36(34)41)30-22-20-29(21-23-30)28-12-4-3-5-13-28/h6-7,10-12,14-15,18-22,24,26,30-35,37-40,42H,2-5,8-9,13,16-17,23,25,27H2,1H3. The van der Waals surface area contributed by atoms with E-state index in [-0.39, 0.29) is 0 Å². The first-order valence-electron chi connectivity index (χ1n) is 18.0. The van der Waals surface area contributed by atoms with Crippen LogP contribution in [0.4, 0.5) is 0 Å². The average molecular weight is 573 g/mol. The van der Waals surface area contributed by atoms with Crippen LogP contribution in [0.1, 0.15) is 84.0 Å². The number of fused-ring (bicyclic) bond motifs is 3. The summed E-state index contributed by atoms with van der Waals surface area (Å²) in [5.41, 5.74) is 6.88. The van der Waals surface area contributed by atoms with Crippen LogP contribution in [0.3, 0.4) is 0 Å². The summed E-state index contributed by atoms with van der Waals surface area (Å²) in [6, 6.07) is 1.50. The van der Waals surface area contributed by atoms with Crippen LogP contribution in [0.25, 0.3) is 0 Å². The largest absolute Gasteiger partial charge is 0.293 e. The molecule has 8 rings (SSSR count). The summed E-state index contributed by atoms with van der Waals surface area (Å²) in [6.07, 6.45) is 51.1. The number of hydrogen-bond donors (Lipinski definition) is 1. The number of hydrogen-bond acceptors (Lipinski definition) is 2. The summed E-state index contributed by atoms with van der Waals surface area (Å²) < 4.78 is 0. The van der Waals surface area contributed by atoms with Gasteiger partial charge >= 0.3 is 0 Å². The molecule has 1 fully saturated rings. The van der Waals surface area contributed by atoms with Gasteiger partial charge in [-0.15, -0.1) is 0 Å². The van der Waals surface area contributed by atoms with E-state index in [1.807, 2.05) is 11.1 Å². The van der Waals surface area contributed by atoms with Crippen LogP contribution in [0.5, 0.6) is 0 Å². The molecule has 1 aliphatic heterocycles. The fourth-order valence-corrected chi connectivity index (χ4v) is 10.5. The highest BCUT2D eigenvalue weighted by Crippen LogP contribution is 2.56. The van der Waals surface area contributed by atoms with E-state index in [1.165, 1.54) is 76.2 Å². The maximum Gasteiger partial charge on any atom is 0.0611 e. The molecule has 43 heavy (non-hydrogen) atoms. The zero-order valence-corrected chi connectivity index (χ0v) is 26.3. The Kier molecular flexibility index (Phi) is 7.95. The van der Waals surface area contributed by atoms with Crippen LogP contribution in [0, 0.1) is 35.5 Å². The van der Waals surface area contributed by atoms with Crippen molar-refractivity contribution in [2.24, 2.45) is 35.5 Å². The summed E-state index contributed by atoms with van der Waals surface area (Å²) in [5.74, 6) is 4.00. The van der Waals surface area contributed by atoms with E-state index in [2.05, 4.69) is 102 Å². The Morgan fingerprint density at radius 2 is 1.77 bits per heavy atom. The number of nitrogens with one attached hydrogen (secondary N) is 1. The van der Waals surface area contributed by atoms with Crippen LogP contribution in [-0.4, -0.2) is 29.2 Å². The zero-order valence-electron chi connectivity index (χ0n) is 26.3. The summed E-state index contributed by atoms with van der Waals surface area (Å²) >= 11 is 0. The molecule has 226 valence electrons. The van der Waals surface area contributed by atoms with Crippen molar-refractivity contribution >= 4 is 0 Å². The maximum absolute atomic E-state index is 3.91. The van der Waals surface area contributed by atoms with Gasteiger partial charge in [-0.2, -0.15) is 0 Å². The van der Waals surface area contributed by atoms with Crippen molar-refractivity contribution in [3.05, 3.63) is 107 Å². The molecule has 0 aromatic carbocycles. The third kappa shape index (κ3) is 5.11. The lowest BCUT2D eigenvalue weighted by Crippen LogP contribution is -2.46. The molecule has 0 saturated carbocycles. The predicted octanol–water partition coefficient (Wildman–Crippen LogP) is 9.30. The van der Waals surface area contributed by atoms with Crippen LogP contribution in [-0.2, 0) is 0 Å². The Bertz CT molecular complexity index is 1350. The van der Waals surface area contributed by atoms with Gasteiger partial charge in [0.25, 0.3) is 0 Å². The first kappa shape index (κ1) is 28.1. The number of allylic oxidation sites excluding steroid dienone is 15. The summed E-state index contributed by atoms with van der Waals surface area (Å²) in [4.78, 5) is 2.80. The Morgan fingerprint density at radius 1 is 0.837 bits per heavy atom. The molecule has 8 aliphatic rings. The van der Waals surface area contributed by atoms with E-state index in [4.69, 9.17) is 0 Å². The smallest absolute Gasteiger partial charge is 0.0611 e. The van der Waals surface area contributed by atoms with Gasteiger partial charge in [0.15, 0.2) is 0 Å². The molecule has 0 amide bonds. The Hall–Kier alpha value is -2.42. The van der Waals surface area contributed by atoms with E-state index in [9.17, 15) is 0 Å². The Labute approximate surface area is 260 Å². The summed E-state index contributed by atoms with van der Waals surface area (Å²) in [7, 11) is 0. The molecular weight excluding hydrogens is 520 g/mol.